The molecule has 1 aromatic rings. The van der Waals surface area contributed by atoms with Crippen molar-refractivity contribution in [2.75, 3.05) is 0 Å². The van der Waals surface area contributed by atoms with E-state index in [1.165, 1.54) is 0 Å². The number of aryl methyl sites for hydroxylation is 1. The zero-order valence-electron chi connectivity index (χ0n) is 6.48. The van der Waals surface area contributed by atoms with Gasteiger partial charge >= 0.3 is 0 Å². The number of nitrogens with two attached hydrogens (primary N) is 1. The summed E-state index contributed by atoms with van der Waals surface area (Å²) >= 11 is 0. The van der Waals surface area contributed by atoms with Crippen LogP contribution < -0.4 is 5.73 Å². The van der Waals surface area contributed by atoms with Gasteiger partial charge in [0.1, 0.15) is 6.10 Å². The predicted octanol–water partition coefficient (Wildman–Crippen LogP) is -0.241. The molecule has 62 valence electrons. The van der Waals surface area contributed by atoms with Crippen molar-refractivity contribution in [1.82, 2.24) is 10.1 Å². The second kappa shape index (κ2) is 2.98. The number of nitrogens with zero attached hydrogens (tertiary/aromatic N) is 2. The van der Waals surface area contributed by atoms with Crippen LogP contribution in [-0.4, -0.2) is 21.3 Å². The van der Waals surface area contributed by atoms with Crippen molar-refractivity contribution in [3.63, 3.8) is 0 Å². The summed E-state index contributed by atoms with van der Waals surface area (Å²) in [6, 6.07) is -0.382. The quantitative estimate of drug-likeness (QED) is 0.618. The van der Waals surface area contributed by atoms with Crippen molar-refractivity contribution in [2.24, 2.45) is 5.73 Å². The molecule has 1 heterocycles. The zero-order valence-corrected chi connectivity index (χ0v) is 6.48. The Bertz CT molecular complexity index is 233. The van der Waals surface area contributed by atoms with E-state index in [9.17, 15) is 5.11 Å². The van der Waals surface area contributed by atoms with Crippen LogP contribution in [-0.2, 0) is 0 Å². The van der Waals surface area contributed by atoms with Crippen molar-refractivity contribution < 1.29 is 9.63 Å². The van der Waals surface area contributed by atoms with Crippen molar-refractivity contribution in [3.05, 3.63) is 11.7 Å². The van der Waals surface area contributed by atoms with Gasteiger partial charge in [-0.3, -0.25) is 0 Å². The lowest BCUT2D eigenvalue weighted by molar-refractivity contribution is 0.140. The summed E-state index contributed by atoms with van der Waals surface area (Å²) in [5.74, 6) is 0.678. The fourth-order valence-corrected chi connectivity index (χ4v) is 0.670. The minimum Gasteiger partial charge on any atom is -0.383 e. The highest BCUT2D eigenvalue weighted by molar-refractivity contribution is 4.92. The third-order valence-electron chi connectivity index (χ3n) is 1.31. The van der Waals surface area contributed by atoms with Crippen LogP contribution in [0.15, 0.2) is 4.52 Å². The molecule has 5 nitrogen and oxygen atoms in total. The summed E-state index contributed by atoms with van der Waals surface area (Å²) in [6.07, 6.45) is -0.840. The average molecular weight is 157 g/mol. The lowest BCUT2D eigenvalue weighted by atomic mass is 10.2. The average Bonchev–Trinajstić information content (AvgIpc) is 2.34. The van der Waals surface area contributed by atoms with Gasteiger partial charge in [-0.25, -0.2) is 0 Å². The minimum absolute atomic E-state index is 0.248. The largest absolute Gasteiger partial charge is 0.383 e. The van der Waals surface area contributed by atoms with Gasteiger partial charge in [-0.15, -0.1) is 0 Å². The van der Waals surface area contributed by atoms with Crippen molar-refractivity contribution in [3.8, 4) is 0 Å². The van der Waals surface area contributed by atoms with Crippen LogP contribution in [0.3, 0.4) is 0 Å². The lowest BCUT2D eigenvalue weighted by Crippen LogP contribution is -2.25. The third-order valence-corrected chi connectivity index (χ3v) is 1.31. The molecule has 0 saturated heterocycles. The molecule has 0 aliphatic rings. The third kappa shape index (κ3) is 1.75. The molecule has 0 aliphatic heterocycles. The number of rotatable bonds is 2. The van der Waals surface area contributed by atoms with E-state index in [1.807, 2.05) is 0 Å². The summed E-state index contributed by atoms with van der Waals surface area (Å²) in [6.45, 7) is 3.33. The van der Waals surface area contributed by atoms with Gasteiger partial charge in [0.2, 0.25) is 11.7 Å². The number of hydrogen-bond donors (Lipinski definition) is 2. The fourth-order valence-electron chi connectivity index (χ4n) is 0.670. The Labute approximate surface area is 64.2 Å². The number of aromatic nitrogens is 2. The molecule has 0 saturated carbocycles. The monoisotopic (exact) mass is 157 g/mol. The number of hydrogen-bond acceptors (Lipinski definition) is 5. The molecule has 0 aliphatic carbocycles. The molecule has 0 amide bonds. The Hall–Kier alpha value is -0.940. The molecule has 2 atom stereocenters. The molecule has 1 rings (SSSR count). The Morgan fingerprint density at radius 3 is 2.64 bits per heavy atom. The van der Waals surface area contributed by atoms with Crippen LogP contribution in [0.4, 0.5) is 0 Å². The summed E-state index contributed by atoms with van der Waals surface area (Å²) in [5, 5.41) is 12.8. The van der Waals surface area contributed by atoms with E-state index in [1.54, 1.807) is 13.8 Å². The summed E-state index contributed by atoms with van der Waals surface area (Å²) < 4.78 is 4.66. The summed E-state index contributed by atoms with van der Waals surface area (Å²) in [5.41, 5.74) is 5.41. The molecule has 0 bridgehead atoms. The molecule has 2 unspecified atom stereocenters. The normalized spacial score (nSPS) is 16.4. The highest BCUT2D eigenvalue weighted by Crippen LogP contribution is 2.10. The first-order chi connectivity index (χ1) is 5.11. The standard InChI is InChI=1S/C6H11N3O2/c1-3(7)5(10)6-8-4(2)11-9-6/h3,5,10H,7H2,1-2H3. The van der Waals surface area contributed by atoms with Crippen molar-refractivity contribution >= 4 is 0 Å². The van der Waals surface area contributed by atoms with E-state index in [4.69, 9.17) is 5.73 Å². The van der Waals surface area contributed by atoms with Crippen LogP contribution in [0, 0.1) is 6.92 Å². The van der Waals surface area contributed by atoms with E-state index < -0.39 is 6.10 Å². The van der Waals surface area contributed by atoms with E-state index >= 15 is 0 Å². The SMILES string of the molecule is Cc1nc(C(O)C(C)N)no1. The first-order valence-corrected chi connectivity index (χ1v) is 3.35. The highest BCUT2D eigenvalue weighted by Gasteiger charge is 2.17. The molecular formula is C6H11N3O2. The maximum atomic E-state index is 9.30. The molecule has 0 aromatic carbocycles. The smallest absolute Gasteiger partial charge is 0.223 e. The number of aliphatic hydroxyl groups excluding tert-OH is 1. The molecule has 3 N–H and O–H groups in total. The van der Waals surface area contributed by atoms with E-state index in [2.05, 4.69) is 14.7 Å². The number of aliphatic hydroxyl groups is 1. The molecule has 1 aromatic heterocycles. The van der Waals surface area contributed by atoms with Gasteiger partial charge in [0.15, 0.2) is 0 Å². The Balaban J connectivity index is 2.76. The fraction of sp³-hybridized carbons (Fsp3) is 0.667. The zero-order chi connectivity index (χ0) is 8.43. The first-order valence-electron chi connectivity index (χ1n) is 3.35. The van der Waals surface area contributed by atoms with Crippen LogP contribution in [0.1, 0.15) is 24.7 Å². The second-order valence-electron chi connectivity index (χ2n) is 2.48. The first kappa shape index (κ1) is 8.16. The van der Waals surface area contributed by atoms with E-state index in [0.717, 1.165) is 0 Å². The van der Waals surface area contributed by atoms with Gasteiger partial charge in [0, 0.05) is 13.0 Å². The molecule has 0 radical (unpaired) electrons. The Morgan fingerprint density at radius 1 is 1.64 bits per heavy atom. The minimum atomic E-state index is -0.840. The van der Waals surface area contributed by atoms with Gasteiger partial charge in [-0.05, 0) is 6.92 Å². The maximum absolute atomic E-state index is 9.30. The Morgan fingerprint density at radius 2 is 2.27 bits per heavy atom. The molecule has 0 fully saturated rings. The maximum Gasteiger partial charge on any atom is 0.223 e. The topological polar surface area (TPSA) is 85.2 Å². The van der Waals surface area contributed by atoms with Crippen LogP contribution in [0.5, 0.6) is 0 Å². The van der Waals surface area contributed by atoms with Gasteiger partial charge in [0.05, 0.1) is 0 Å². The van der Waals surface area contributed by atoms with Crippen molar-refractivity contribution in [2.45, 2.75) is 26.0 Å². The van der Waals surface area contributed by atoms with Gasteiger partial charge in [-0.2, -0.15) is 4.98 Å². The molecule has 11 heavy (non-hydrogen) atoms. The molecular weight excluding hydrogens is 146 g/mol. The second-order valence-corrected chi connectivity index (χ2v) is 2.48. The predicted molar refractivity (Wildman–Crippen MR) is 37.6 cm³/mol. The van der Waals surface area contributed by atoms with Gasteiger partial charge < -0.3 is 15.4 Å². The summed E-state index contributed by atoms with van der Waals surface area (Å²) in [7, 11) is 0. The lowest BCUT2D eigenvalue weighted by Gasteiger charge is -2.08. The summed E-state index contributed by atoms with van der Waals surface area (Å²) in [4.78, 5) is 3.82. The van der Waals surface area contributed by atoms with Gasteiger partial charge in [0.25, 0.3) is 0 Å². The van der Waals surface area contributed by atoms with Crippen LogP contribution >= 0.6 is 0 Å². The highest BCUT2D eigenvalue weighted by atomic mass is 16.5. The Kier molecular flexibility index (Phi) is 2.21. The van der Waals surface area contributed by atoms with Crippen LogP contribution in [0.2, 0.25) is 0 Å². The van der Waals surface area contributed by atoms with Gasteiger partial charge in [-0.1, -0.05) is 5.16 Å². The van der Waals surface area contributed by atoms with Crippen molar-refractivity contribution in [1.29, 1.82) is 0 Å². The van der Waals surface area contributed by atoms with E-state index in [-0.39, 0.29) is 11.9 Å². The van der Waals surface area contributed by atoms with E-state index in [0.29, 0.717) is 5.89 Å². The molecule has 0 spiro atoms. The van der Waals surface area contributed by atoms with Crippen LogP contribution in [0.25, 0.3) is 0 Å². The molecule has 5 heteroatoms.